The van der Waals surface area contributed by atoms with Crippen molar-refractivity contribution in [2.45, 2.75) is 45.6 Å². The molecule has 1 heterocycles. The van der Waals surface area contributed by atoms with E-state index in [1.165, 1.54) is 0 Å². The van der Waals surface area contributed by atoms with Gasteiger partial charge >= 0.3 is 0 Å². The Morgan fingerprint density at radius 1 is 1.53 bits per heavy atom. The van der Waals surface area contributed by atoms with Crippen LogP contribution in [0.4, 0.5) is 0 Å². The first-order valence-electron chi connectivity index (χ1n) is 5.70. The van der Waals surface area contributed by atoms with Crippen LogP contribution in [0.1, 0.15) is 39.5 Å². The standard InChI is InChI=1S/C11H20N2O2/c1-3-9(2)12-10(14)8-13-7-5-4-6-11(13)15/h9H,3-8H2,1-2H3,(H,12,14). The molecule has 1 rings (SSSR count). The molecule has 1 aliphatic rings. The summed E-state index contributed by atoms with van der Waals surface area (Å²) < 4.78 is 0. The van der Waals surface area contributed by atoms with Gasteiger partial charge in [-0.05, 0) is 26.2 Å². The summed E-state index contributed by atoms with van der Waals surface area (Å²) in [6.07, 6.45) is 3.49. The molecule has 86 valence electrons. The zero-order valence-electron chi connectivity index (χ0n) is 9.58. The third-order valence-electron chi connectivity index (χ3n) is 2.78. The van der Waals surface area contributed by atoms with Crippen molar-refractivity contribution < 1.29 is 9.59 Å². The van der Waals surface area contributed by atoms with E-state index in [2.05, 4.69) is 5.32 Å². The largest absolute Gasteiger partial charge is 0.352 e. The van der Waals surface area contributed by atoms with E-state index in [0.29, 0.717) is 6.42 Å². The Labute approximate surface area is 91.0 Å². The highest BCUT2D eigenvalue weighted by molar-refractivity contribution is 5.85. The van der Waals surface area contributed by atoms with Gasteiger partial charge in [0, 0.05) is 19.0 Å². The van der Waals surface area contributed by atoms with Crippen molar-refractivity contribution in [2.24, 2.45) is 0 Å². The fourth-order valence-corrected chi connectivity index (χ4v) is 1.62. The van der Waals surface area contributed by atoms with Crippen LogP contribution in [0.25, 0.3) is 0 Å². The molecule has 0 aromatic heterocycles. The number of rotatable bonds is 4. The van der Waals surface area contributed by atoms with E-state index in [4.69, 9.17) is 0 Å². The van der Waals surface area contributed by atoms with Crippen LogP contribution >= 0.6 is 0 Å². The number of nitrogens with one attached hydrogen (secondary N) is 1. The van der Waals surface area contributed by atoms with Gasteiger partial charge in [0.1, 0.15) is 0 Å². The number of likely N-dealkylation sites (tertiary alicyclic amines) is 1. The molecular formula is C11H20N2O2. The summed E-state index contributed by atoms with van der Waals surface area (Å²) in [7, 11) is 0. The average molecular weight is 212 g/mol. The molecule has 1 aliphatic heterocycles. The molecule has 0 aromatic rings. The van der Waals surface area contributed by atoms with Crippen molar-refractivity contribution in [2.75, 3.05) is 13.1 Å². The Kier molecular flexibility index (Phi) is 4.59. The van der Waals surface area contributed by atoms with Crippen LogP contribution in [-0.4, -0.2) is 35.8 Å². The van der Waals surface area contributed by atoms with Crippen molar-refractivity contribution in [3.8, 4) is 0 Å². The zero-order chi connectivity index (χ0) is 11.3. The number of amides is 2. The molecule has 0 bridgehead atoms. The van der Waals surface area contributed by atoms with Crippen LogP contribution in [0.3, 0.4) is 0 Å². The lowest BCUT2D eigenvalue weighted by molar-refractivity contribution is -0.138. The maximum Gasteiger partial charge on any atom is 0.239 e. The van der Waals surface area contributed by atoms with Gasteiger partial charge in [0.25, 0.3) is 0 Å². The van der Waals surface area contributed by atoms with Crippen LogP contribution in [0, 0.1) is 0 Å². The van der Waals surface area contributed by atoms with Gasteiger partial charge in [0.15, 0.2) is 0 Å². The molecule has 0 aromatic carbocycles. The maximum atomic E-state index is 11.5. The fraction of sp³-hybridized carbons (Fsp3) is 0.818. The van der Waals surface area contributed by atoms with Crippen molar-refractivity contribution in [1.29, 1.82) is 0 Å². The number of hydrogen-bond donors (Lipinski definition) is 1. The third-order valence-corrected chi connectivity index (χ3v) is 2.78. The minimum atomic E-state index is -0.0420. The van der Waals surface area contributed by atoms with Crippen LogP contribution < -0.4 is 5.32 Å². The van der Waals surface area contributed by atoms with Gasteiger partial charge in [0.05, 0.1) is 6.54 Å². The predicted molar refractivity (Wildman–Crippen MR) is 58.3 cm³/mol. The van der Waals surface area contributed by atoms with Crippen molar-refractivity contribution in [1.82, 2.24) is 10.2 Å². The van der Waals surface area contributed by atoms with Gasteiger partial charge in [0.2, 0.25) is 11.8 Å². The number of piperidine rings is 1. The summed E-state index contributed by atoms with van der Waals surface area (Å²) in [6, 6.07) is 0.192. The van der Waals surface area contributed by atoms with E-state index in [1.807, 2.05) is 13.8 Å². The molecule has 1 unspecified atom stereocenters. The quantitative estimate of drug-likeness (QED) is 0.753. The van der Waals surface area contributed by atoms with Gasteiger partial charge in [-0.15, -0.1) is 0 Å². The zero-order valence-corrected chi connectivity index (χ0v) is 9.58. The Balaban J connectivity index is 2.33. The predicted octanol–water partition coefficient (Wildman–Crippen LogP) is 0.914. The van der Waals surface area contributed by atoms with Crippen molar-refractivity contribution >= 4 is 11.8 Å². The Morgan fingerprint density at radius 2 is 2.27 bits per heavy atom. The monoisotopic (exact) mass is 212 g/mol. The van der Waals surface area contributed by atoms with Gasteiger partial charge in [-0.2, -0.15) is 0 Å². The molecule has 0 spiro atoms. The summed E-state index contributed by atoms with van der Waals surface area (Å²) in [6.45, 7) is 4.95. The summed E-state index contributed by atoms with van der Waals surface area (Å²) >= 11 is 0. The number of hydrogen-bond acceptors (Lipinski definition) is 2. The summed E-state index contributed by atoms with van der Waals surface area (Å²) in [5.74, 6) is 0.0696. The second-order valence-electron chi connectivity index (χ2n) is 4.15. The van der Waals surface area contributed by atoms with Gasteiger partial charge in [-0.3, -0.25) is 9.59 Å². The Bertz CT molecular complexity index is 241. The first-order valence-corrected chi connectivity index (χ1v) is 5.70. The second kappa shape index (κ2) is 5.73. The van der Waals surface area contributed by atoms with Crippen LogP contribution in [0.2, 0.25) is 0 Å². The van der Waals surface area contributed by atoms with Gasteiger partial charge in [-0.1, -0.05) is 6.92 Å². The first kappa shape index (κ1) is 12.0. The fourth-order valence-electron chi connectivity index (χ4n) is 1.62. The number of carbonyl (C=O) groups excluding carboxylic acids is 2. The summed E-state index contributed by atoms with van der Waals surface area (Å²) in [5, 5.41) is 2.86. The van der Waals surface area contributed by atoms with E-state index in [9.17, 15) is 9.59 Å². The lowest BCUT2D eigenvalue weighted by Gasteiger charge is -2.26. The molecular weight excluding hydrogens is 192 g/mol. The molecule has 0 saturated carbocycles. The van der Waals surface area contributed by atoms with E-state index >= 15 is 0 Å². The van der Waals surface area contributed by atoms with E-state index in [-0.39, 0.29) is 24.4 Å². The van der Waals surface area contributed by atoms with Crippen molar-refractivity contribution in [3.05, 3.63) is 0 Å². The highest BCUT2D eigenvalue weighted by atomic mass is 16.2. The lowest BCUT2D eigenvalue weighted by atomic mass is 10.1. The molecule has 15 heavy (non-hydrogen) atoms. The van der Waals surface area contributed by atoms with E-state index < -0.39 is 0 Å². The smallest absolute Gasteiger partial charge is 0.239 e. The van der Waals surface area contributed by atoms with E-state index in [1.54, 1.807) is 4.90 Å². The first-order chi connectivity index (χ1) is 7.13. The lowest BCUT2D eigenvalue weighted by Crippen LogP contribution is -2.44. The molecule has 2 amide bonds. The molecule has 0 aliphatic carbocycles. The molecule has 1 saturated heterocycles. The van der Waals surface area contributed by atoms with E-state index in [0.717, 1.165) is 25.8 Å². The molecule has 4 nitrogen and oxygen atoms in total. The summed E-state index contributed by atoms with van der Waals surface area (Å²) in [4.78, 5) is 24.6. The molecule has 1 N–H and O–H groups in total. The van der Waals surface area contributed by atoms with Gasteiger partial charge in [-0.25, -0.2) is 0 Å². The normalized spacial score (nSPS) is 18.8. The SMILES string of the molecule is CCC(C)NC(=O)CN1CCCCC1=O. The Morgan fingerprint density at radius 3 is 2.87 bits per heavy atom. The molecule has 1 atom stereocenters. The number of nitrogens with zero attached hydrogens (tertiary/aromatic N) is 1. The highest BCUT2D eigenvalue weighted by Gasteiger charge is 2.20. The maximum absolute atomic E-state index is 11.5. The molecule has 1 fully saturated rings. The average Bonchev–Trinajstić information content (AvgIpc) is 2.21. The topological polar surface area (TPSA) is 49.4 Å². The minimum absolute atomic E-state index is 0.0420. The molecule has 0 radical (unpaired) electrons. The summed E-state index contributed by atoms with van der Waals surface area (Å²) in [5.41, 5.74) is 0. The third kappa shape index (κ3) is 3.90. The number of carbonyl (C=O) groups is 2. The van der Waals surface area contributed by atoms with Crippen LogP contribution in [-0.2, 0) is 9.59 Å². The Hall–Kier alpha value is -1.06. The highest BCUT2D eigenvalue weighted by Crippen LogP contribution is 2.09. The van der Waals surface area contributed by atoms with Crippen LogP contribution in [0.5, 0.6) is 0 Å². The minimum Gasteiger partial charge on any atom is -0.352 e. The van der Waals surface area contributed by atoms with Crippen molar-refractivity contribution in [3.63, 3.8) is 0 Å². The molecule has 4 heteroatoms. The van der Waals surface area contributed by atoms with Gasteiger partial charge < -0.3 is 10.2 Å². The van der Waals surface area contributed by atoms with Crippen LogP contribution in [0.15, 0.2) is 0 Å². The second-order valence-corrected chi connectivity index (χ2v) is 4.15.